The van der Waals surface area contributed by atoms with Gasteiger partial charge >= 0.3 is 0 Å². The lowest BCUT2D eigenvalue weighted by Crippen LogP contribution is -2.20. The first-order valence-corrected chi connectivity index (χ1v) is 17.0. The van der Waals surface area contributed by atoms with E-state index in [1.807, 2.05) is 0 Å². The van der Waals surface area contributed by atoms with Gasteiger partial charge < -0.3 is 42.5 Å². The quantitative estimate of drug-likeness (QED) is 0.0350. The molecule has 0 aromatic heterocycles. The summed E-state index contributed by atoms with van der Waals surface area (Å²) in [5, 5.41) is 27.0. The zero-order chi connectivity index (χ0) is 30.2. The lowest BCUT2D eigenvalue weighted by molar-refractivity contribution is 0.605. The third kappa shape index (κ3) is 46.1. The van der Waals surface area contributed by atoms with Gasteiger partial charge in [-0.1, -0.05) is 39.8 Å². The summed E-state index contributed by atoms with van der Waals surface area (Å²) >= 11 is 0. The molecule has 0 unspecified atom stereocenters. The number of unbranched alkanes of at least 4 members (excludes halogenated alkanes) is 4. The zero-order valence-corrected chi connectivity index (χ0v) is 27.8. The molecule has 0 saturated heterocycles. The van der Waals surface area contributed by atoms with E-state index in [1.54, 1.807) is 0 Å². The Morgan fingerprint density at radius 3 is 0.854 bits per heavy atom. The molecule has 8 nitrogen and oxygen atoms in total. The molecule has 0 aliphatic rings. The molecule has 0 atom stereocenters. The van der Waals surface area contributed by atoms with Crippen LogP contribution in [0.25, 0.3) is 0 Å². The third-order valence-electron chi connectivity index (χ3n) is 6.25. The van der Waals surface area contributed by atoms with Gasteiger partial charge in [-0.15, -0.1) is 5.73 Å². The van der Waals surface area contributed by atoms with Crippen molar-refractivity contribution in [1.29, 1.82) is 0 Å². The van der Waals surface area contributed by atoms with E-state index in [0.29, 0.717) is 0 Å². The Morgan fingerprint density at radius 2 is 0.585 bits per heavy atom. The fourth-order valence-corrected chi connectivity index (χ4v) is 3.79. The Balaban J connectivity index is 0. The standard InChI is InChI=1S/C17H36N4.C16H36N4/c1-3-18-12-8-10-16-20-14-6-5-7-15-21-17-11-9-13-19-4-2;1-3-17-11-5-7-13-19-15-9-10-16-20-14-8-6-12-18-4-2/h6-7,18-21H,3-4,8-17H2,1-2H3;9-10,17-20H,3-8,11-16H2,1-2H3/b;10-9+. The fourth-order valence-electron chi connectivity index (χ4n) is 3.79. The van der Waals surface area contributed by atoms with Crippen LogP contribution in [0.5, 0.6) is 0 Å². The summed E-state index contributed by atoms with van der Waals surface area (Å²) < 4.78 is 0. The highest BCUT2D eigenvalue weighted by Gasteiger charge is 1.89. The van der Waals surface area contributed by atoms with Crippen LogP contribution in [0.4, 0.5) is 0 Å². The highest BCUT2D eigenvalue weighted by molar-refractivity contribution is 4.87. The van der Waals surface area contributed by atoms with Crippen LogP contribution in [0.2, 0.25) is 0 Å². The first-order chi connectivity index (χ1) is 20.3. The maximum atomic E-state index is 3.44. The van der Waals surface area contributed by atoms with Gasteiger partial charge in [0, 0.05) is 26.2 Å². The second-order valence-electron chi connectivity index (χ2n) is 10.1. The lowest BCUT2D eigenvalue weighted by atomic mass is 10.3. The monoisotopic (exact) mass is 581 g/mol. The molecule has 0 amide bonds. The predicted octanol–water partition coefficient (Wildman–Crippen LogP) is 3.16. The number of rotatable bonds is 32. The van der Waals surface area contributed by atoms with Crippen molar-refractivity contribution in [2.45, 2.75) is 79.1 Å². The predicted molar refractivity (Wildman–Crippen MR) is 184 cm³/mol. The van der Waals surface area contributed by atoms with Crippen molar-refractivity contribution in [1.82, 2.24) is 42.5 Å². The fraction of sp³-hybridized carbons (Fsp3) is 0.848. The molecule has 0 saturated carbocycles. The van der Waals surface area contributed by atoms with E-state index in [-0.39, 0.29) is 0 Å². The molecule has 0 aliphatic carbocycles. The van der Waals surface area contributed by atoms with Crippen molar-refractivity contribution in [3.05, 3.63) is 30.0 Å². The van der Waals surface area contributed by atoms with Crippen LogP contribution in [-0.4, -0.2) is 105 Å². The summed E-state index contributed by atoms with van der Waals surface area (Å²) in [5.74, 6) is 0. The molecular weight excluding hydrogens is 508 g/mol. The molecule has 0 spiro atoms. The summed E-state index contributed by atoms with van der Waals surface area (Å²) in [6.07, 6.45) is 18.6. The van der Waals surface area contributed by atoms with Gasteiger partial charge in [0.1, 0.15) is 0 Å². The molecule has 0 aromatic carbocycles. The molecular formula is C33H72N8. The van der Waals surface area contributed by atoms with Crippen LogP contribution in [0.3, 0.4) is 0 Å². The molecule has 0 bridgehead atoms. The molecule has 8 heteroatoms. The van der Waals surface area contributed by atoms with Crippen LogP contribution in [0, 0.1) is 0 Å². The Hall–Kier alpha value is -1.06. The first kappa shape index (κ1) is 42.1. The topological polar surface area (TPSA) is 96.2 Å². The number of hydrogen-bond donors (Lipinski definition) is 8. The van der Waals surface area contributed by atoms with E-state index in [9.17, 15) is 0 Å². The van der Waals surface area contributed by atoms with Gasteiger partial charge in [0.2, 0.25) is 0 Å². The van der Waals surface area contributed by atoms with Gasteiger partial charge in [0.05, 0.1) is 0 Å². The number of nitrogens with one attached hydrogen (secondary N) is 8. The van der Waals surface area contributed by atoms with Gasteiger partial charge in [-0.05, 0) is 142 Å². The van der Waals surface area contributed by atoms with E-state index in [0.717, 1.165) is 105 Å². The smallest absolute Gasteiger partial charge is 0.0209 e. The second-order valence-corrected chi connectivity index (χ2v) is 10.1. The summed E-state index contributed by atoms with van der Waals surface area (Å²) in [6.45, 7) is 25.7. The molecule has 0 rings (SSSR count). The molecule has 0 radical (unpaired) electrons. The van der Waals surface area contributed by atoms with Gasteiger partial charge in [0.25, 0.3) is 0 Å². The molecule has 0 aromatic rings. The maximum Gasteiger partial charge on any atom is 0.0209 e. The van der Waals surface area contributed by atoms with Crippen LogP contribution in [0.15, 0.2) is 30.0 Å². The Morgan fingerprint density at radius 1 is 0.341 bits per heavy atom. The molecule has 0 aliphatic heterocycles. The number of hydrogen-bond acceptors (Lipinski definition) is 8. The molecule has 0 fully saturated rings. The second kappa shape index (κ2) is 43.4. The molecule has 244 valence electrons. The zero-order valence-electron chi connectivity index (χ0n) is 27.8. The average molecular weight is 581 g/mol. The SMILES string of the molecule is CCNCCCCNC/C=C/CNCCCCNCC.CCNCCCCNCC=C=CCNCCCCNCC. The van der Waals surface area contributed by atoms with Gasteiger partial charge in [-0.25, -0.2) is 0 Å². The van der Waals surface area contributed by atoms with Crippen molar-refractivity contribution in [3.63, 3.8) is 0 Å². The van der Waals surface area contributed by atoms with Crippen molar-refractivity contribution >= 4 is 0 Å². The van der Waals surface area contributed by atoms with Crippen LogP contribution >= 0.6 is 0 Å². The Bertz CT molecular complexity index is 493. The van der Waals surface area contributed by atoms with Crippen molar-refractivity contribution in [2.24, 2.45) is 0 Å². The first-order valence-electron chi connectivity index (χ1n) is 17.0. The van der Waals surface area contributed by atoms with Crippen molar-refractivity contribution in [3.8, 4) is 0 Å². The minimum atomic E-state index is 0.917. The van der Waals surface area contributed by atoms with E-state index in [2.05, 4.69) is 100 Å². The summed E-state index contributed by atoms with van der Waals surface area (Å²) in [5.41, 5.74) is 3.21. The van der Waals surface area contributed by atoms with E-state index >= 15 is 0 Å². The Labute approximate surface area is 256 Å². The van der Waals surface area contributed by atoms with Crippen LogP contribution in [-0.2, 0) is 0 Å². The van der Waals surface area contributed by atoms with Crippen LogP contribution < -0.4 is 42.5 Å². The van der Waals surface area contributed by atoms with Gasteiger partial charge in [0.15, 0.2) is 0 Å². The van der Waals surface area contributed by atoms with E-state index < -0.39 is 0 Å². The summed E-state index contributed by atoms with van der Waals surface area (Å²) in [6, 6.07) is 0. The lowest BCUT2D eigenvalue weighted by Gasteiger charge is -2.03. The summed E-state index contributed by atoms with van der Waals surface area (Å²) in [7, 11) is 0. The third-order valence-corrected chi connectivity index (χ3v) is 6.25. The normalized spacial score (nSPS) is 10.9. The van der Waals surface area contributed by atoms with Crippen molar-refractivity contribution < 1.29 is 0 Å². The minimum Gasteiger partial charge on any atom is -0.317 e. The molecule has 41 heavy (non-hydrogen) atoms. The maximum absolute atomic E-state index is 3.44. The highest BCUT2D eigenvalue weighted by Crippen LogP contribution is 1.86. The minimum absolute atomic E-state index is 0.917. The van der Waals surface area contributed by atoms with Gasteiger partial charge in [-0.3, -0.25) is 0 Å². The summed E-state index contributed by atoms with van der Waals surface area (Å²) in [4.78, 5) is 0. The molecule has 8 N–H and O–H groups in total. The molecule has 0 heterocycles. The van der Waals surface area contributed by atoms with Gasteiger partial charge in [-0.2, -0.15) is 0 Å². The van der Waals surface area contributed by atoms with E-state index in [1.165, 1.54) is 51.4 Å². The highest BCUT2D eigenvalue weighted by atomic mass is 14.9. The van der Waals surface area contributed by atoms with E-state index in [4.69, 9.17) is 0 Å². The largest absolute Gasteiger partial charge is 0.317 e. The average Bonchev–Trinajstić information content (AvgIpc) is 2.99. The van der Waals surface area contributed by atoms with Crippen LogP contribution in [0.1, 0.15) is 79.1 Å². The Kier molecular flexibility index (Phi) is 44.5. The van der Waals surface area contributed by atoms with Crippen molar-refractivity contribution in [2.75, 3.05) is 105 Å².